The Hall–Kier alpha value is -2.48. The van der Waals surface area contributed by atoms with Crippen molar-refractivity contribution in [1.29, 1.82) is 0 Å². The molecule has 1 heterocycles. The van der Waals surface area contributed by atoms with Gasteiger partial charge in [-0.2, -0.15) is 4.98 Å². The molecule has 3 rings (SSSR count). The van der Waals surface area contributed by atoms with Crippen LogP contribution in [-0.4, -0.2) is 18.1 Å². The summed E-state index contributed by atoms with van der Waals surface area (Å²) in [6, 6.07) is 8.97. The number of fused-ring (bicyclic) bond motifs is 1. The number of ether oxygens (including phenoxy) is 1. The molecule has 4 heteroatoms. The topological polar surface area (TPSA) is 39.2 Å². The first-order valence-corrected chi connectivity index (χ1v) is 6.72. The number of halogens is 1. The Morgan fingerprint density at radius 2 is 2.05 bits per heavy atom. The first kappa shape index (κ1) is 13.5. The van der Waals surface area contributed by atoms with Crippen LogP contribution in [0.25, 0.3) is 23.4 Å². The van der Waals surface area contributed by atoms with Crippen LogP contribution in [0.1, 0.15) is 21.6 Å². The van der Waals surface area contributed by atoms with E-state index in [-0.39, 0.29) is 0 Å². The molecule has 0 spiro atoms. The number of hydrogen-bond acceptors (Lipinski definition) is 3. The van der Waals surface area contributed by atoms with Crippen molar-refractivity contribution in [1.82, 2.24) is 4.98 Å². The van der Waals surface area contributed by atoms with Crippen molar-refractivity contribution in [3.63, 3.8) is 0 Å². The van der Waals surface area contributed by atoms with Crippen LogP contribution in [0, 0.1) is 6.08 Å². The van der Waals surface area contributed by atoms with Crippen LogP contribution in [-0.2, 0) is 4.74 Å². The van der Waals surface area contributed by atoms with Crippen molar-refractivity contribution >= 4 is 29.7 Å². The number of carbonyl (C=O) groups is 1. The number of hydrogen-bond donors (Lipinski definition) is 0. The molecule has 0 atom stereocenters. The summed E-state index contributed by atoms with van der Waals surface area (Å²) in [5.41, 5.74) is 3.46. The molecule has 1 aromatic carbocycles. The van der Waals surface area contributed by atoms with Gasteiger partial charge in [-0.25, -0.2) is 4.79 Å². The van der Waals surface area contributed by atoms with Crippen LogP contribution in [0.15, 0.2) is 36.4 Å². The van der Waals surface area contributed by atoms with E-state index in [1.54, 1.807) is 30.4 Å². The minimum atomic E-state index is -0.415. The number of nitrogens with zero attached hydrogens (tertiary/aromatic N) is 1. The highest BCUT2D eigenvalue weighted by molar-refractivity contribution is 6.30. The fourth-order valence-corrected chi connectivity index (χ4v) is 2.28. The summed E-state index contributed by atoms with van der Waals surface area (Å²) in [7, 11) is 1.36. The molecule has 2 aromatic rings. The number of carbonyl (C=O) groups excluding carboxylic acids is 1. The Kier molecular flexibility index (Phi) is 3.53. The van der Waals surface area contributed by atoms with Crippen molar-refractivity contribution in [3.05, 3.63) is 64.3 Å². The number of pyridine rings is 1. The van der Waals surface area contributed by atoms with Gasteiger partial charge in [0.25, 0.3) is 0 Å². The second kappa shape index (κ2) is 5.49. The minimum absolute atomic E-state index is 0.415. The number of esters is 1. The fraction of sp³-hybridized carbons (Fsp3) is 0.0588. The molecule has 1 aliphatic rings. The Morgan fingerprint density at radius 3 is 2.76 bits per heavy atom. The molecule has 1 aromatic heterocycles. The average Bonchev–Trinajstić information content (AvgIpc) is 2.53. The number of aromatic nitrogens is 1. The monoisotopic (exact) mass is 296 g/mol. The van der Waals surface area contributed by atoms with Gasteiger partial charge in [-0.1, -0.05) is 23.7 Å². The summed E-state index contributed by atoms with van der Waals surface area (Å²) in [5.74, 6) is -0.415. The first-order chi connectivity index (χ1) is 10.2. The summed E-state index contributed by atoms with van der Waals surface area (Å²) in [4.78, 5) is 16.6. The van der Waals surface area contributed by atoms with Gasteiger partial charge >= 0.3 is 5.97 Å². The molecule has 1 aliphatic carbocycles. The predicted octanol–water partition coefficient (Wildman–Crippen LogP) is 4.03. The number of allylic oxidation sites excluding steroid dienone is 2. The number of rotatable bonds is 2. The zero-order chi connectivity index (χ0) is 14.8. The summed E-state index contributed by atoms with van der Waals surface area (Å²) in [6.07, 6.45) is 8.42. The fourth-order valence-electron chi connectivity index (χ4n) is 2.15. The average molecular weight is 297 g/mol. The lowest BCUT2D eigenvalue weighted by Gasteiger charge is -2.08. The largest absolute Gasteiger partial charge is 0.465 e. The van der Waals surface area contributed by atoms with Crippen LogP contribution < -0.4 is 0 Å². The standard InChI is InChI=1S/C17H11ClNO2/c1-21-17(20)14-10-12-4-2-3-5-15(12)19-16(14)11-6-8-13(18)9-7-11/h2,4-10H,1H3/q+1. The zero-order valence-electron chi connectivity index (χ0n) is 11.3. The summed E-state index contributed by atoms with van der Waals surface area (Å²) in [5, 5.41) is 0.632. The van der Waals surface area contributed by atoms with Gasteiger partial charge in [0.05, 0.1) is 18.7 Å². The van der Waals surface area contributed by atoms with Crippen LogP contribution in [0.3, 0.4) is 0 Å². The Bertz CT molecular complexity index is 761. The van der Waals surface area contributed by atoms with Gasteiger partial charge in [-0.3, -0.25) is 0 Å². The summed E-state index contributed by atoms with van der Waals surface area (Å²) < 4.78 is 4.86. The van der Waals surface area contributed by atoms with Gasteiger partial charge in [0.1, 0.15) is 23.4 Å². The van der Waals surface area contributed by atoms with E-state index in [9.17, 15) is 4.79 Å². The molecule has 0 saturated heterocycles. The number of methoxy groups -OCH3 is 1. The molecule has 0 fully saturated rings. The Labute approximate surface area is 127 Å². The maximum atomic E-state index is 12.0. The van der Waals surface area contributed by atoms with E-state index in [1.807, 2.05) is 18.2 Å². The van der Waals surface area contributed by atoms with Crippen LogP contribution in [0.2, 0.25) is 5.02 Å². The summed E-state index contributed by atoms with van der Waals surface area (Å²) >= 11 is 5.91. The third kappa shape index (κ3) is 2.57. The van der Waals surface area contributed by atoms with Crippen LogP contribution >= 0.6 is 11.6 Å². The maximum Gasteiger partial charge on any atom is 0.340 e. The third-order valence-electron chi connectivity index (χ3n) is 3.19. The smallest absolute Gasteiger partial charge is 0.340 e. The molecule has 0 saturated carbocycles. The van der Waals surface area contributed by atoms with E-state index in [0.717, 1.165) is 16.8 Å². The van der Waals surface area contributed by atoms with E-state index >= 15 is 0 Å². The third-order valence-corrected chi connectivity index (χ3v) is 3.44. The van der Waals surface area contributed by atoms with Crippen molar-refractivity contribution in [2.24, 2.45) is 0 Å². The summed E-state index contributed by atoms with van der Waals surface area (Å²) in [6.45, 7) is 0. The normalized spacial score (nSPS) is 11.7. The van der Waals surface area contributed by atoms with E-state index in [2.05, 4.69) is 11.1 Å². The zero-order valence-corrected chi connectivity index (χ0v) is 12.0. The van der Waals surface area contributed by atoms with Crippen molar-refractivity contribution in [2.45, 2.75) is 0 Å². The molecule has 0 unspecified atom stereocenters. The van der Waals surface area contributed by atoms with Gasteiger partial charge in [-0.05, 0) is 18.2 Å². The molecule has 0 aliphatic heterocycles. The van der Waals surface area contributed by atoms with Crippen molar-refractivity contribution in [3.8, 4) is 11.3 Å². The van der Waals surface area contributed by atoms with Gasteiger partial charge in [-0.15, -0.1) is 0 Å². The van der Waals surface area contributed by atoms with E-state index in [0.29, 0.717) is 16.3 Å². The molecular weight excluding hydrogens is 286 g/mol. The molecule has 0 amide bonds. The predicted molar refractivity (Wildman–Crippen MR) is 82.8 cm³/mol. The lowest BCUT2D eigenvalue weighted by Crippen LogP contribution is -2.07. The quantitative estimate of drug-likeness (QED) is 0.620. The second-order valence-corrected chi connectivity index (χ2v) is 4.94. The molecule has 3 nitrogen and oxygen atoms in total. The van der Waals surface area contributed by atoms with Crippen LogP contribution in [0.5, 0.6) is 0 Å². The Morgan fingerprint density at radius 1 is 1.29 bits per heavy atom. The van der Waals surface area contributed by atoms with Gasteiger partial charge < -0.3 is 4.74 Å². The van der Waals surface area contributed by atoms with Gasteiger partial charge in [0, 0.05) is 16.7 Å². The molecule has 102 valence electrons. The minimum Gasteiger partial charge on any atom is -0.465 e. The lowest BCUT2D eigenvalue weighted by atomic mass is 10.00. The SMILES string of the molecule is COC(=O)c1cc2c(nc1-c1ccc(Cl)cc1)C=[C+]C=C2. The molecular formula is C17H11ClNO2+. The van der Waals surface area contributed by atoms with Gasteiger partial charge in [0.15, 0.2) is 5.69 Å². The van der Waals surface area contributed by atoms with E-state index in [1.165, 1.54) is 7.11 Å². The highest BCUT2D eigenvalue weighted by atomic mass is 35.5. The molecule has 0 radical (unpaired) electrons. The molecule has 21 heavy (non-hydrogen) atoms. The van der Waals surface area contributed by atoms with Crippen molar-refractivity contribution in [2.75, 3.05) is 7.11 Å². The van der Waals surface area contributed by atoms with Gasteiger partial charge in [0.2, 0.25) is 0 Å². The molecule has 0 bridgehead atoms. The van der Waals surface area contributed by atoms with E-state index < -0.39 is 5.97 Å². The Balaban J connectivity index is 2.22. The highest BCUT2D eigenvalue weighted by Gasteiger charge is 2.22. The molecule has 0 N–H and O–H groups in total. The van der Waals surface area contributed by atoms with Crippen molar-refractivity contribution < 1.29 is 9.53 Å². The highest BCUT2D eigenvalue weighted by Crippen LogP contribution is 2.28. The number of benzene rings is 1. The first-order valence-electron chi connectivity index (χ1n) is 6.34. The maximum absolute atomic E-state index is 12.0. The second-order valence-electron chi connectivity index (χ2n) is 4.50. The van der Waals surface area contributed by atoms with Crippen LogP contribution in [0.4, 0.5) is 0 Å². The lowest BCUT2D eigenvalue weighted by molar-refractivity contribution is 0.0601. The van der Waals surface area contributed by atoms with E-state index in [4.69, 9.17) is 16.3 Å².